The molecule has 8 heteroatoms. The molecule has 0 aromatic heterocycles. The van der Waals surface area contributed by atoms with Gasteiger partial charge in [-0.1, -0.05) is 29.8 Å². The van der Waals surface area contributed by atoms with Crippen LogP contribution in [0.4, 0.5) is 8.78 Å². The molecule has 0 atom stereocenters. The van der Waals surface area contributed by atoms with Crippen molar-refractivity contribution >= 4 is 29.9 Å². The molecule has 2 N–H and O–H groups in total. The fourth-order valence-corrected chi connectivity index (χ4v) is 2.49. The minimum absolute atomic E-state index is 0. The molecule has 146 valence electrons. The second kappa shape index (κ2) is 12.9. The number of aliphatic imine (C=N–C) groups is 1. The van der Waals surface area contributed by atoms with E-state index in [2.05, 4.69) is 26.4 Å². The molecule has 0 fully saturated rings. The summed E-state index contributed by atoms with van der Waals surface area (Å²) in [5.41, 5.74) is 2.00. The van der Waals surface area contributed by atoms with Crippen LogP contribution in [0.2, 0.25) is 0 Å². The summed E-state index contributed by atoms with van der Waals surface area (Å²) in [7, 11) is 0. The number of nitrogens with one attached hydrogen (secondary N) is 2. The van der Waals surface area contributed by atoms with Crippen LogP contribution in [0.5, 0.6) is 5.75 Å². The zero-order chi connectivity index (χ0) is 17.9. The predicted octanol–water partition coefficient (Wildman–Crippen LogP) is 3.70. The van der Waals surface area contributed by atoms with E-state index in [1.165, 1.54) is 11.6 Å². The molecule has 1 aliphatic heterocycles. The maximum absolute atomic E-state index is 12.5. The summed E-state index contributed by atoms with van der Waals surface area (Å²) in [6.07, 6.45) is 4.01. The third kappa shape index (κ3) is 8.31. The van der Waals surface area contributed by atoms with Crippen LogP contribution in [0.25, 0.3) is 0 Å². The van der Waals surface area contributed by atoms with Gasteiger partial charge in [-0.15, -0.1) is 24.0 Å². The van der Waals surface area contributed by atoms with Gasteiger partial charge >= 0.3 is 6.61 Å². The van der Waals surface area contributed by atoms with Crippen LogP contribution in [0.1, 0.15) is 25.3 Å². The third-order valence-electron chi connectivity index (χ3n) is 3.74. The monoisotopic (exact) mass is 481 g/mol. The Morgan fingerprint density at radius 3 is 2.81 bits per heavy atom. The number of guanidine groups is 1. The Balaban J connectivity index is 0.00000338. The van der Waals surface area contributed by atoms with Gasteiger partial charge in [0.05, 0.1) is 19.8 Å². The number of hydrogen-bond donors (Lipinski definition) is 2. The van der Waals surface area contributed by atoms with E-state index in [1.54, 1.807) is 18.2 Å². The third-order valence-corrected chi connectivity index (χ3v) is 3.74. The Morgan fingerprint density at radius 1 is 1.31 bits per heavy atom. The summed E-state index contributed by atoms with van der Waals surface area (Å²) in [5.74, 6) is 0.812. The average molecular weight is 481 g/mol. The molecule has 1 aromatic rings. The van der Waals surface area contributed by atoms with E-state index in [0.717, 1.165) is 32.5 Å². The summed E-state index contributed by atoms with van der Waals surface area (Å²) in [6.45, 7) is 2.33. The zero-order valence-electron chi connectivity index (χ0n) is 14.8. The quantitative estimate of drug-likeness (QED) is 0.258. The van der Waals surface area contributed by atoms with Crippen LogP contribution < -0.4 is 15.4 Å². The molecular weight excluding hydrogens is 455 g/mol. The highest BCUT2D eigenvalue weighted by Crippen LogP contribution is 2.20. The fraction of sp³-hybridized carbons (Fsp3) is 0.500. The molecule has 1 heterocycles. The van der Waals surface area contributed by atoms with Gasteiger partial charge in [0.15, 0.2) is 5.96 Å². The van der Waals surface area contributed by atoms with E-state index < -0.39 is 6.61 Å². The lowest BCUT2D eigenvalue weighted by Crippen LogP contribution is -2.38. The van der Waals surface area contributed by atoms with Crippen LogP contribution in [0.15, 0.2) is 40.9 Å². The van der Waals surface area contributed by atoms with Gasteiger partial charge in [0.2, 0.25) is 0 Å². The molecule has 5 nitrogen and oxygen atoms in total. The van der Waals surface area contributed by atoms with Gasteiger partial charge in [-0.3, -0.25) is 0 Å². The topological polar surface area (TPSA) is 54.9 Å². The molecule has 0 bridgehead atoms. The summed E-state index contributed by atoms with van der Waals surface area (Å²) >= 11 is 0. The van der Waals surface area contributed by atoms with Crippen molar-refractivity contribution in [3.63, 3.8) is 0 Å². The number of halogens is 3. The number of rotatable bonds is 8. The largest absolute Gasteiger partial charge is 0.434 e. The van der Waals surface area contributed by atoms with Crippen LogP contribution in [-0.4, -0.2) is 38.9 Å². The van der Waals surface area contributed by atoms with Gasteiger partial charge in [-0.25, -0.2) is 4.99 Å². The number of hydrogen-bond acceptors (Lipinski definition) is 3. The molecule has 0 saturated heterocycles. The first-order valence-electron chi connectivity index (χ1n) is 8.49. The number of benzene rings is 1. The number of ether oxygens (including phenoxy) is 2. The lowest BCUT2D eigenvalue weighted by atomic mass is 10.1. The van der Waals surface area contributed by atoms with Crippen molar-refractivity contribution < 1.29 is 18.3 Å². The number of para-hydroxylation sites is 1. The molecule has 1 aliphatic rings. The zero-order valence-corrected chi connectivity index (χ0v) is 17.2. The lowest BCUT2D eigenvalue weighted by molar-refractivity contribution is -0.0504. The first-order valence-corrected chi connectivity index (χ1v) is 8.49. The molecule has 1 aromatic carbocycles. The normalized spacial score (nSPS) is 14.5. The molecule has 0 saturated carbocycles. The average Bonchev–Trinajstić information content (AvgIpc) is 2.61. The fourth-order valence-electron chi connectivity index (χ4n) is 2.49. The van der Waals surface area contributed by atoms with Gasteiger partial charge in [0, 0.05) is 18.7 Å². The second-order valence-electron chi connectivity index (χ2n) is 5.55. The SMILES string of the molecule is CCNC(=NCc1ccccc1OC(F)F)NCCC1=CCOCC1.I. The van der Waals surface area contributed by atoms with Gasteiger partial charge in [-0.2, -0.15) is 8.78 Å². The Morgan fingerprint density at radius 2 is 2.12 bits per heavy atom. The molecule has 0 radical (unpaired) electrons. The van der Waals surface area contributed by atoms with Crippen LogP contribution in [-0.2, 0) is 11.3 Å². The Kier molecular flexibility index (Phi) is 11.2. The minimum Gasteiger partial charge on any atom is -0.434 e. The van der Waals surface area contributed by atoms with E-state index in [-0.39, 0.29) is 36.3 Å². The maximum Gasteiger partial charge on any atom is 0.387 e. The number of alkyl halides is 2. The van der Waals surface area contributed by atoms with Crippen LogP contribution in [0.3, 0.4) is 0 Å². The maximum atomic E-state index is 12.5. The molecule has 0 amide bonds. The first-order chi connectivity index (χ1) is 12.2. The van der Waals surface area contributed by atoms with E-state index >= 15 is 0 Å². The Labute approximate surface area is 170 Å². The Hall–Kier alpha value is -1.42. The van der Waals surface area contributed by atoms with Gasteiger partial charge in [0.25, 0.3) is 0 Å². The van der Waals surface area contributed by atoms with Crippen LogP contribution in [0, 0.1) is 0 Å². The Bertz CT molecular complexity index is 598. The van der Waals surface area contributed by atoms with Crippen molar-refractivity contribution in [3.05, 3.63) is 41.5 Å². The van der Waals surface area contributed by atoms with E-state index in [0.29, 0.717) is 18.1 Å². The lowest BCUT2D eigenvalue weighted by Gasteiger charge is -2.15. The highest BCUT2D eigenvalue weighted by atomic mass is 127. The van der Waals surface area contributed by atoms with Crippen molar-refractivity contribution in [2.24, 2.45) is 4.99 Å². The van der Waals surface area contributed by atoms with E-state index in [9.17, 15) is 8.78 Å². The van der Waals surface area contributed by atoms with Gasteiger partial charge < -0.3 is 20.1 Å². The molecule has 0 spiro atoms. The van der Waals surface area contributed by atoms with Crippen LogP contribution >= 0.6 is 24.0 Å². The molecule has 0 unspecified atom stereocenters. The predicted molar refractivity (Wildman–Crippen MR) is 109 cm³/mol. The standard InChI is InChI=1S/C18H25F2N3O2.HI/c1-2-21-18(22-10-7-14-8-11-24-12-9-14)23-13-15-5-3-4-6-16(15)25-17(19)20;/h3-6,8,17H,2,7,9-13H2,1H3,(H2,21,22,23);1H. The molecule has 26 heavy (non-hydrogen) atoms. The molecule has 0 aliphatic carbocycles. The van der Waals surface area contributed by atoms with Gasteiger partial charge in [0.1, 0.15) is 5.75 Å². The highest BCUT2D eigenvalue weighted by molar-refractivity contribution is 14.0. The summed E-state index contributed by atoms with van der Waals surface area (Å²) in [5, 5.41) is 6.42. The van der Waals surface area contributed by atoms with Crippen molar-refractivity contribution in [2.75, 3.05) is 26.3 Å². The summed E-state index contributed by atoms with van der Waals surface area (Å²) in [6, 6.07) is 6.70. The van der Waals surface area contributed by atoms with E-state index in [1.807, 2.05) is 6.92 Å². The smallest absolute Gasteiger partial charge is 0.387 e. The molecular formula is C18H26F2IN3O2. The van der Waals surface area contributed by atoms with Crippen molar-refractivity contribution in [1.29, 1.82) is 0 Å². The highest BCUT2D eigenvalue weighted by Gasteiger charge is 2.09. The summed E-state index contributed by atoms with van der Waals surface area (Å²) in [4.78, 5) is 4.46. The summed E-state index contributed by atoms with van der Waals surface area (Å²) < 4.78 is 34.8. The van der Waals surface area contributed by atoms with Crippen molar-refractivity contribution in [2.45, 2.75) is 32.9 Å². The van der Waals surface area contributed by atoms with Crippen molar-refractivity contribution in [1.82, 2.24) is 10.6 Å². The van der Waals surface area contributed by atoms with E-state index in [4.69, 9.17) is 4.74 Å². The second-order valence-corrected chi connectivity index (χ2v) is 5.55. The first kappa shape index (κ1) is 22.6. The number of nitrogens with zero attached hydrogens (tertiary/aromatic N) is 1. The van der Waals surface area contributed by atoms with Crippen molar-refractivity contribution in [3.8, 4) is 5.75 Å². The molecule has 2 rings (SSSR count). The van der Waals surface area contributed by atoms with Gasteiger partial charge in [-0.05, 0) is 25.8 Å². The minimum atomic E-state index is -2.84.